The maximum Gasteiger partial charge on any atom is 0.243 e. The van der Waals surface area contributed by atoms with Gasteiger partial charge in [0, 0.05) is 29.6 Å². The second-order valence-corrected chi connectivity index (χ2v) is 8.75. The van der Waals surface area contributed by atoms with Crippen molar-refractivity contribution < 1.29 is 17.9 Å². The molecule has 0 bridgehead atoms. The average molecular weight is 398 g/mol. The number of hydrogen-bond donors (Lipinski definition) is 1. The van der Waals surface area contributed by atoms with Gasteiger partial charge in [-0.2, -0.15) is 4.31 Å². The predicted octanol–water partition coefficient (Wildman–Crippen LogP) is 3.83. The van der Waals surface area contributed by atoms with E-state index in [2.05, 4.69) is 4.98 Å². The second-order valence-electron chi connectivity index (χ2n) is 6.81. The number of carbonyl (C=O) groups excluding carboxylic acids is 1. The van der Waals surface area contributed by atoms with Crippen LogP contribution >= 0.6 is 0 Å². The van der Waals surface area contributed by atoms with Crippen molar-refractivity contribution in [2.75, 3.05) is 19.7 Å². The van der Waals surface area contributed by atoms with E-state index in [1.54, 1.807) is 18.2 Å². The summed E-state index contributed by atoms with van der Waals surface area (Å²) < 4.78 is 32.7. The maximum atomic E-state index is 12.9. The summed E-state index contributed by atoms with van der Waals surface area (Å²) in [4.78, 5) is 15.3. The Morgan fingerprint density at radius 3 is 2.46 bits per heavy atom. The fourth-order valence-corrected chi connectivity index (χ4v) is 5.21. The molecule has 3 aromatic rings. The molecular weight excluding hydrogens is 376 g/mol. The van der Waals surface area contributed by atoms with Crippen LogP contribution in [-0.4, -0.2) is 43.7 Å². The molecule has 0 amide bonds. The summed E-state index contributed by atoms with van der Waals surface area (Å²) in [6.07, 6.45) is 2.54. The summed E-state index contributed by atoms with van der Waals surface area (Å²) in [7, 11) is -3.54. The monoisotopic (exact) mass is 398 g/mol. The highest BCUT2D eigenvalue weighted by molar-refractivity contribution is 7.89. The first-order valence-corrected chi connectivity index (χ1v) is 10.8. The Bertz CT molecular complexity index is 1110. The van der Waals surface area contributed by atoms with Crippen LogP contribution in [0.5, 0.6) is 5.75 Å². The van der Waals surface area contributed by atoms with Gasteiger partial charge in [-0.25, -0.2) is 8.42 Å². The first-order chi connectivity index (χ1) is 13.5. The second kappa shape index (κ2) is 7.41. The summed E-state index contributed by atoms with van der Waals surface area (Å²) in [5, 5.41) is 0.610. The number of sulfonamides is 1. The zero-order valence-electron chi connectivity index (χ0n) is 15.6. The Morgan fingerprint density at radius 2 is 1.82 bits per heavy atom. The fourth-order valence-electron chi connectivity index (χ4n) is 3.66. The normalized spacial score (nSPS) is 15.2. The average Bonchev–Trinajstić information content (AvgIpc) is 3.36. The summed E-state index contributed by atoms with van der Waals surface area (Å²) in [5.74, 6) is 0.758. The largest absolute Gasteiger partial charge is 0.494 e. The van der Waals surface area contributed by atoms with Crippen molar-refractivity contribution in [1.82, 2.24) is 9.29 Å². The number of nitrogens with zero attached hydrogens (tertiary/aromatic N) is 1. The lowest BCUT2D eigenvalue weighted by atomic mass is 10.1. The van der Waals surface area contributed by atoms with E-state index in [0.29, 0.717) is 36.3 Å². The number of carbonyl (C=O) groups is 1. The van der Waals surface area contributed by atoms with Crippen molar-refractivity contribution in [3.05, 3.63) is 48.0 Å². The van der Waals surface area contributed by atoms with Gasteiger partial charge < -0.3 is 9.72 Å². The van der Waals surface area contributed by atoms with Gasteiger partial charge in [-0.05, 0) is 67.8 Å². The minimum absolute atomic E-state index is 0.224. The van der Waals surface area contributed by atoms with Crippen LogP contribution in [0.1, 0.15) is 30.1 Å². The topological polar surface area (TPSA) is 79.5 Å². The maximum absolute atomic E-state index is 12.9. The van der Waals surface area contributed by atoms with Gasteiger partial charge in [0.1, 0.15) is 5.75 Å². The molecule has 0 unspecified atom stereocenters. The summed E-state index contributed by atoms with van der Waals surface area (Å²) >= 11 is 0. The molecule has 2 aromatic carbocycles. The molecule has 1 aliphatic rings. The molecule has 1 fully saturated rings. The summed E-state index contributed by atoms with van der Waals surface area (Å²) in [6.45, 7) is 3.60. The highest BCUT2D eigenvalue weighted by Gasteiger charge is 2.28. The smallest absolute Gasteiger partial charge is 0.243 e. The Morgan fingerprint density at radius 1 is 1.11 bits per heavy atom. The van der Waals surface area contributed by atoms with E-state index in [-0.39, 0.29) is 4.90 Å². The van der Waals surface area contributed by atoms with Crippen molar-refractivity contribution in [3.63, 3.8) is 0 Å². The van der Waals surface area contributed by atoms with Crippen LogP contribution in [0.4, 0.5) is 0 Å². The Hall–Kier alpha value is -2.64. The number of rotatable bonds is 6. The number of nitrogens with one attached hydrogen (secondary N) is 1. The first-order valence-electron chi connectivity index (χ1n) is 9.39. The van der Waals surface area contributed by atoms with Crippen LogP contribution in [0.15, 0.2) is 47.4 Å². The molecule has 146 valence electrons. The van der Waals surface area contributed by atoms with Crippen molar-refractivity contribution in [2.45, 2.75) is 24.7 Å². The number of aromatic nitrogens is 1. The van der Waals surface area contributed by atoms with E-state index in [9.17, 15) is 13.2 Å². The number of aromatic amines is 1. The lowest BCUT2D eigenvalue weighted by molar-refractivity contribution is 0.112. The molecule has 1 aliphatic heterocycles. The molecule has 2 heterocycles. The number of H-pyrrole nitrogens is 1. The molecule has 0 spiro atoms. The van der Waals surface area contributed by atoms with Crippen LogP contribution in [0.25, 0.3) is 22.2 Å². The molecule has 0 saturated carbocycles. The SMILES string of the molecule is CCOc1ccc(-c2[nH]c3ccc(S(=O)(=O)N4CCCC4)cc3c2C=O)cc1. The van der Waals surface area contributed by atoms with Gasteiger partial charge in [0.05, 0.1) is 17.2 Å². The number of hydrogen-bond acceptors (Lipinski definition) is 4. The van der Waals surface area contributed by atoms with Gasteiger partial charge >= 0.3 is 0 Å². The first kappa shape index (κ1) is 18.7. The van der Waals surface area contributed by atoms with Crippen LogP contribution in [0.2, 0.25) is 0 Å². The quantitative estimate of drug-likeness (QED) is 0.640. The van der Waals surface area contributed by atoms with Gasteiger partial charge in [-0.3, -0.25) is 4.79 Å². The zero-order valence-corrected chi connectivity index (χ0v) is 16.5. The molecule has 7 heteroatoms. The molecule has 4 rings (SSSR count). The Balaban J connectivity index is 1.79. The standard InChI is InChI=1S/C21H22N2O4S/c1-2-27-16-7-5-15(6-8-16)21-19(14-24)18-13-17(9-10-20(18)22-21)28(25,26)23-11-3-4-12-23/h5-10,13-14,22H,2-4,11-12H2,1H3. The van der Waals surface area contributed by atoms with Gasteiger partial charge in [-0.15, -0.1) is 0 Å². The Kier molecular flexibility index (Phi) is 4.95. The van der Waals surface area contributed by atoms with Gasteiger partial charge in [0.25, 0.3) is 0 Å². The third-order valence-corrected chi connectivity index (χ3v) is 6.98. The molecule has 0 aliphatic carbocycles. The van der Waals surface area contributed by atoms with E-state index < -0.39 is 10.0 Å². The van der Waals surface area contributed by atoms with Gasteiger partial charge in [0.2, 0.25) is 10.0 Å². The van der Waals surface area contributed by atoms with Crippen LogP contribution < -0.4 is 4.74 Å². The molecule has 28 heavy (non-hydrogen) atoms. The van der Waals surface area contributed by atoms with E-state index in [0.717, 1.165) is 36.0 Å². The minimum Gasteiger partial charge on any atom is -0.494 e. The lowest BCUT2D eigenvalue weighted by Crippen LogP contribution is -2.27. The molecule has 6 nitrogen and oxygen atoms in total. The zero-order chi connectivity index (χ0) is 19.7. The predicted molar refractivity (Wildman–Crippen MR) is 108 cm³/mol. The minimum atomic E-state index is -3.54. The van der Waals surface area contributed by atoms with E-state index in [1.165, 1.54) is 4.31 Å². The number of fused-ring (bicyclic) bond motifs is 1. The molecule has 0 radical (unpaired) electrons. The van der Waals surface area contributed by atoms with Crippen molar-refractivity contribution >= 4 is 27.2 Å². The van der Waals surface area contributed by atoms with Crippen LogP contribution in [0, 0.1) is 0 Å². The van der Waals surface area contributed by atoms with E-state index in [4.69, 9.17) is 4.74 Å². The highest BCUT2D eigenvalue weighted by atomic mass is 32.2. The van der Waals surface area contributed by atoms with Crippen molar-refractivity contribution in [1.29, 1.82) is 0 Å². The number of aldehydes is 1. The molecule has 1 N–H and O–H groups in total. The van der Waals surface area contributed by atoms with E-state index in [1.807, 2.05) is 31.2 Å². The number of ether oxygens (including phenoxy) is 1. The lowest BCUT2D eigenvalue weighted by Gasteiger charge is -2.15. The molecular formula is C21H22N2O4S. The van der Waals surface area contributed by atoms with Crippen molar-refractivity contribution in [2.24, 2.45) is 0 Å². The fraction of sp³-hybridized carbons (Fsp3) is 0.286. The van der Waals surface area contributed by atoms with Gasteiger partial charge in [0.15, 0.2) is 6.29 Å². The molecule has 1 saturated heterocycles. The third kappa shape index (κ3) is 3.21. The number of benzene rings is 2. The Labute approximate surface area is 164 Å². The third-order valence-electron chi connectivity index (χ3n) is 5.08. The van der Waals surface area contributed by atoms with Crippen LogP contribution in [-0.2, 0) is 10.0 Å². The van der Waals surface area contributed by atoms with E-state index >= 15 is 0 Å². The van der Waals surface area contributed by atoms with Crippen LogP contribution in [0.3, 0.4) is 0 Å². The van der Waals surface area contributed by atoms with Gasteiger partial charge in [-0.1, -0.05) is 0 Å². The molecule has 1 aromatic heterocycles. The van der Waals surface area contributed by atoms with Crippen molar-refractivity contribution in [3.8, 4) is 17.0 Å². The summed E-state index contributed by atoms with van der Waals surface area (Å²) in [6, 6.07) is 12.4. The molecule has 0 atom stereocenters. The highest BCUT2D eigenvalue weighted by Crippen LogP contribution is 2.32. The summed E-state index contributed by atoms with van der Waals surface area (Å²) in [5.41, 5.74) is 2.69.